The van der Waals surface area contributed by atoms with E-state index in [0.717, 1.165) is 58.9 Å². The molecule has 1 aliphatic carbocycles. The van der Waals surface area contributed by atoms with Crippen LogP contribution >= 0.6 is 0 Å². The van der Waals surface area contributed by atoms with Gasteiger partial charge in [-0.1, -0.05) is 42.5 Å². The Bertz CT molecular complexity index is 1380. The Kier molecular flexibility index (Phi) is 5.90. The van der Waals surface area contributed by atoms with Crippen molar-refractivity contribution in [3.8, 4) is 17.1 Å². The molecule has 0 bridgehead atoms. The Balaban J connectivity index is 1.56. The van der Waals surface area contributed by atoms with Crippen molar-refractivity contribution in [2.75, 3.05) is 19.0 Å². The second-order valence-corrected chi connectivity index (χ2v) is 10.5. The Morgan fingerprint density at radius 1 is 1.03 bits per heavy atom. The van der Waals surface area contributed by atoms with E-state index in [0.29, 0.717) is 0 Å². The van der Waals surface area contributed by atoms with Crippen LogP contribution < -0.4 is 10.2 Å². The molecule has 2 aromatic carbocycles. The summed E-state index contributed by atoms with van der Waals surface area (Å²) in [6.45, 7) is 5.62. The summed E-state index contributed by atoms with van der Waals surface area (Å²) in [5.74, 6) is 1.56. The minimum absolute atomic E-state index is 0.383. The first-order valence-corrected chi connectivity index (χ1v) is 12.3. The highest BCUT2D eigenvalue weighted by Crippen LogP contribution is 2.42. The molecular weight excluding hydrogens is 452 g/mol. The molecule has 186 valence electrons. The van der Waals surface area contributed by atoms with Crippen molar-refractivity contribution in [3.63, 3.8) is 0 Å². The lowest BCUT2D eigenvalue weighted by Crippen LogP contribution is -2.52. The molecule has 0 atom stereocenters. The van der Waals surface area contributed by atoms with Crippen LogP contribution in [0.4, 0.5) is 10.6 Å². The summed E-state index contributed by atoms with van der Waals surface area (Å²) in [5.41, 5.74) is 3.54. The van der Waals surface area contributed by atoms with Gasteiger partial charge in [-0.25, -0.2) is 19.7 Å². The number of fused-ring (bicyclic) bond motifs is 1. The number of aromatic nitrogens is 4. The Labute approximate surface area is 211 Å². The van der Waals surface area contributed by atoms with Gasteiger partial charge in [0.15, 0.2) is 17.0 Å². The molecule has 36 heavy (non-hydrogen) atoms. The topological polar surface area (TPSA) is 85.2 Å². The molecule has 4 aromatic rings. The monoisotopic (exact) mass is 484 g/mol. The van der Waals surface area contributed by atoms with E-state index >= 15 is 0 Å². The minimum atomic E-state index is -0.539. The van der Waals surface area contributed by atoms with Gasteiger partial charge in [0, 0.05) is 25.3 Å². The van der Waals surface area contributed by atoms with E-state index in [1.165, 1.54) is 0 Å². The van der Waals surface area contributed by atoms with Crippen molar-refractivity contribution in [2.45, 2.75) is 51.2 Å². The molecule has 5 rings (SSSR count). The van der Waals surface area contributed by atoms with Crippen LogP contribution in [0.15, 0.2) is 60.9 Å². The molecule has 0 aliphatic heterocycles. The second kappa shape index (κ2) is 8.93. The van der Waals surface area contributed by atoms with Gasteiger partial charge in [-0.15, -0.1) is 0 Å². The molecule has 0 radical (unpaired) electrons. The molecule has 0 unspecified atom stereocenters. The van der Waals surface area contributed by atoms with Gasteiger partial charge in [0.1, 0.15) is 17.8 Å². The van der Waals surface area contributed by atoms with Gasteiger partial charge in [0.25, 0.3) is 0 Å². The van der Waals surface area contributed by atoms with Crippen LogP contribution in [0.5, 0.6) is 0 Å². The van der Waals surface area contributed by atoms with E-state index in [1.54, 1.807) is 6.33 Å². The van der Waals surface area contributed by atoms with Crippen LogP contribution in [0, 0.1) is 0 Å². The number of ether oxygens (including phenoxy) is 1. The third kappa shape index (κ3) is 4.39. The lowest BCUT2D eigenvalue weighted by Gasteiger charge is -2.43. The lowest BCUT2D eigenvalue weighted by atomic mass is 9.72. The summed E-state index contributed by atoms with van der Waals surface area (Å²) in [4.78, 5) is 28.5. The van der Waals surface area contributed by atoms with Gasteiger partial charge in [0.05, 0.1) is 5.54 Å². The molecule has 8 heteroatoms. The molecule has 0 saturated heterocycles. The summed E-state index contributed by atoms with van der Waals surface area (Å²) in [7, 11) is 3.90. The van der Waals surface area contributed by atoms with Crippen LogP contribution in [0.1, 0.15) is 45.6 Å². The number of rotatable bonds is 5. The fourth-order valence-electron chi connectivity index (χ4n) is 4.68. The molecule has 1 fully saturated rings. The quantitative estimate of drug-likeness (QED) is 0.405. The summed E-state index contributed by atoms with van der Waals surface area (Å²) in [6.07, 6.45) is 4.02. The number of carbonyl (C=O) groups excluding carboxylic acids is 1. The molecule has 1 N–H and O–H groups in total. The molecule has 2 aromatic heterocycles. The van der Waals surface area contributed by atoms with Crippen molar-refractivity contribution >= 4 is 23.1 Å². The van der Waals surface area contributed by atoms with Gasteiger partial charge >= 0.3 is 6.09 Å². The molecule has 1 saturated carbocycles. The van der Waals surface area contributed by atoms with Gasteiger partial charge < -0.3 is 15.0 Å². The third-order valence-electron chi connectivity index (χ3n) is 6.51. The summed E-state index contributed by atoms with van der Waals surface area (Å²) in [6, 6.07) is 18.4. The zero-order valence-corrected chi connectivity index (χ0v) is 21.4. The van der Waals surface area contributed by atoms with E-state index in [-0.39, 0.29) is 6.09 Å². The third-order valence-corrected chi connectivity index (χ3v) is 6.51. The molecule has 8 nitrogen and oxygen atoms in total. The van der Waals surface area contributed by atoms with Crippen molar-refractivity contribution in [1.82, 2.24) is 24.8 Å². The van der Waals surface area contributed by atoms with Gasteiger partial charge in [-0.2, -0.15) is 0 Å². The highest BCUT2D eigenvalue weighted by Gasteiger charge is 2.41. The van der Waals surface area contributed by atoms with E-state index in [1.807, 2.05) is 70.1 Å². The van der Waals surface area contributed by atoms with Gasteiger partial charge in [-0.05, 0) is 57.7 Å². The van der Waals surface area contributed by atoms with Crippen LogP contribution in [0.3, 0.4) is 0 Å². The van der Waals surface area contributed by atoms with Gasteiger partial charge in [-0.3, -0.25) is 4.57 Å². The fourth-order valence-corrected chi connectivity index (χ4v) is 4.68. The van der Waals surface area contributed by atoms with E-state index in [4.69, 9.17) is 9.72 Å². The number of amides is 1. The second-order valence-electron chi connectivity index (χ2n) is 10.5. The summed E-state index contributed by atoms with van der Waals surface area (Å²) in [5, 5.41) is 3.14. The standard InChI is InChI=1S/C28H32N6O2/c1-27(2,3)36-26(35)32-28(16-9-17-28)20-12-14-21(15-13-20)34-23(19-10-7-6-8-11-19)31-22-24(33(4)5)29-18-30-25(22)34/h6-8,10-15,18H,9,16-17H2,1-5H3,(H,32,35). The first-order valence-electron chi connectivity index (χ1n) is 12.3. The van der Waals surface area contributed by atoms with E-state index in [9.17, 15) is 4.79 Å². The SMILES string of the molecule is CN(C)c1ncnc2c1nc(-c1ccccc1)n2-c1ccc(C2(NC(=O)OC(C)(C)C)CCC2)cc1. The molecule has 1 aliphatic rings. The first-order chi connectivity index (χ1) is 17.2. The van der Waals surface area contributed by atoms with Crippen LogP contribution in [-0.4, -0.2) is 45.3 Å². The maximum Gasteiger partial charge on any atom is 0.408 e. The number of imidazole rings is 1. The van der Waals surface area contributed by atoms with Crippen molar-refractivity contribution in [1.29, 1.82) is 0 Å². The number of carbonyl (C=O) groups is 1. The average molecular weight is 485 g/mol. The number of hydrogen-bond donors (Lipinski definition) is 1. The molecule has 0 spiro atoms. The average Bonchev–Trinajstić information content (AvgIpc) is 3.20. The molecular formula is C28H32N6O2. The lowest BCUT2D eigenvalue weighted by molar-refractivity contribution is 0.0377. The summed E-state index contributed by atoms with van der Waals surface area (Å²) < 4.78 is 7.60. The highest BCUT2D eigenvalue weighted by atomic mass is 16.6. The number of benzene rings is 2. The zero-order chi connectivity index (χ0) is 25.5. The zero-order valence-electron chi connectivity index (χ0n) is 21.4. The molecule has 1 amide bonds. The van der Waals surface area contributed by atoms with Crippen molar-refractivity contribution < 1.29 is 9.53 Å². The largest absolute Gasteiger partial charge is 0.444 e. The first kappa shape index (κ1) is 23.8. The number of nitrogens with zero attached hydrogens (tertiary/aromatic N) is 5. The number of anilines is 1. The van der Waals surface area contributed by atoms with Crippen LogP contribution in [0.2, 0.25) is 0 Å². The normalized spacial score (nSPS) is 14.8. The smallest absolute Gasteiger partial charge is 0.408 e. The number of hydrogen-bond acceptors (Lipinski definition) is 6. The maximum absolute atomic E-state index is 12.6. The van der Waals surface area contributed by atoms with E-state index in [2.05, 4.69) is 44.1 Å². The highest BCUT2D eigenvalue weighted by molar-refractivity contribution is 5.88. The predicted molar refractivity (Wildman–Crippen MR) is 141 cm³/mol. The van der Waals surface area contributed by atoms with Crippen LogP contribution in [-0.2, 0) is 10.3 Å². The fraction of sp³-hybridized carbons (Fsp3) is 0.357. The minimum Gasteiger partial charge on any atom is -0.444 e. The predicted octanol–water partition coefficient (Wildman–Crippen LogP) is 5.45. The van der Waals surface area contributed by atoms with Crippen molar-refractivity contribution in [3.05, 3.63) is 66.5 Å². The van der Waals surface area contributed by atoms with Crippen molar-refractivity contribution in [2.24, 2.45) is 0 Å². The van der Waals surface area contributed by atoms with Crippen LogP contribution in [0.25, 0.3) is 28.2 Å². The Hall–Kier alpha value is -3.94. The molecule has 2 heterocycles. The summed E-state index contributed by atoms with van der Waals surface area (Å²) >= 11 is 0. The Morgan fingerprint density at radius 3 is 2.31 bits per heavy atom. The number of alkyl carbamates (subject to hydrolysis) is 1. The van der Waals surface area contributed by atoms with E-state index < -0.39 is 11.1 Å². The number of nitrogens with one attached hydrogen (secondary N) is 1. The van der Waals surface area contributed by atoms with Gasteiger partial charge in [0.2, 0.25) is 0 Å². The Morgan fingerprint density at radius 2 is 1.72 bits per heavy atom. The maximum atomic E-state index is 12.6.